The lowest BCUT2D eigenvalue weighted by atomic mass is 10.1. The molecule has 0 atom stereocenters. The van der Waals surface area contributed by atoms with Crippen molar-refractivity contribution in [1.82, 2.24) is 15.1 Å². The first-order chi connectivity index (χ1) is 14.7. The van der Waals surface area contributed by atoms with Crippen molar-refractivity contribution >= 4 is 23.4 Å². The summed E-state index contributed by atoms with van der Waals surface area (Å²) < 4.78 is 5.39. The molecule has 2 heterocycles. The topological polar surface area (TPSA) is 58.6 Å². The summed E-state index contributed by atoms with van der Waals surface area (Å²) in [4.78, 5) is 16.9. The van der Waals surface area contributed by atoms with Crippen LogP contribution in [0.1, 0.15) is 0 Å². The third-order valence-corrected chi connectivity index (χ3v) is 6.03. The standard InChI is InChI=1S/C23H24N4O2S/c1-29-21-10-6-5-9-19(21)20-11-12-22(25-24-20)30-17-23(28)27-15-13-26(14-16-27)18-7-3-2-4-8-18/h2-12H,13-17H2,1H3. The first kappa shape index (κ1) is 20.2. The summed E-state index contributed by atoms with van der Waals surface area (Å²) in [5, 5.41) is 9.33. The number of carbonyl (C=O) groups excluding carboxylic acids is 1. The maximum atomic E-state index is 12.6. The summed E-state index contributed by atoms with van der Waals surface area (Å²) in [5.41, 5.74) is 2.86. The minimum absolute atomic E-state index is 0.142. The molecule has 1 aliphatic heterocycles. The van der Waals surface area contributed by atoms with Crippen LogP contribution >= 0.6 is 11.8 Å². The molecule has 1 aromatic heterocycles. The number of para-hydroxylation sites is 2. The molecule has 1 amide bonds. The van der Waals surface area contributed by atoms with Gasteiger partial charge in [-0.3, -0.25) is 4.79 Å². The van der Waals surface area contributed by atoms with Crippen LogP contribution in [-0.2, 0) is 4.79 Å². The van der Waals surface area contributed by atoms with E-state index in [2.05, 4.69) is 27.2 Å². The van der Waals surface area contributed by atoms with Crippen molar-refractivity contribution in [3.8, 4) is 17.0 Å². The van der Waals surface area contributed by atoms with Gasteiger partial charge in [-0.15, -0.1) is 10.2 Å². The van der Waals surface area contributed by atoms with Crippen LogP contribution < -0.4 is 9.64 Å². The number of methoxy groups -OCH3 is 1. The van der Waals surface area contributed by atoms with Crippen molar-refractivity contribution in [1.29, 1.82) is 0 Å². The van der Waals surface area contributed by atoms with E-state index in [0.717, 1.165) is 48.2 Å². The molecule has 1 saturated heterocycles. The molecule has 6 nitrogen and oxygen atoms in total. The van der Waals surface area contributed by atoms with Gasteiger partial charge in [0.25, 0.3) is 0 Å². The van der Waals surface area contributed by atoms with Crippen LogP contribution in [-0.4, -0.2) is 60.0 Å². The minimum Gasteiger partial charge on any atom is -0.496 e. The molecule has 30 heavy (non-hydrogen) atoms. The third kappa shape index (κ3) is 4.74. The van der Waals surface area contributed by atoms with Crippen LogP contribution in [0, 0.1) is 0 Å². The molecule has 4 rings (SSSR count). The number of piperazine rings is 1. The van der Waals surface area contributed by atoms with Crippen LogP contribution in [0.2, 0.25) is 0 Å². The molecule has 154 valence electrons. The van der Waals surface area contributed by atoms with Crippen molar-refractivity contribution in [2.45, 2.75) is 5.03 Å². The van der Waals surface area contributed by atoms with Gasteiger partial charge < -0.3 is 14.5 Å². The van der Waals surface area contributed by atoms with E-state index >= 15 is 0 Å². The zero-order valence-corrected chi connectivity index (χ0v) is 17.7. The van der Waals surface area contributed by atoms with Gasteiger partial charge in [0.1, 0.15) is 10.8 Å². The Morgan fingerprint density at radius 3 is 2.37 bits per heavy atom. The first-order valence-corrected chi connectivity index (χ1v) is 10.9. The molecular formula is C23H24N4O2S. The smallest absolute Gasteiger partial charge is 0.233 e. The summed E-state index contributed by atoms with van der Waals surface area (Å²) in [5.74, 6) is 1.27. The van der Waals surface area contributed by atoms with Crippen LogP contribution in [0.5, 0.6) is 5.75 Å². The molecule has 0 spiro atoms. The Balaban J connectivity index is 1.29. The highest BCUT2D eigenvalue weighted by molar-refractivity contribution is 7.99. The van der Waals surface area contributed by atoms with Crippen LogP contribution in [0.25, 0.3) is 11.3 Å². The van der Waals surface area contributed by atoms with Crippen molar-refractivity contribution in [3.05, 3.63) is 66.7 Å². The number of rotatable bonds is 6. The summed E-state index contributed by atoms with van der Waals surface area (Å²) in [6.45, 7) is 3.20. The van der Waals surface area contributed by atoms with Gasteiger partial charge in [0, 0.05) is 37.4 Å². The SMILES string of the molecule is COc1ccccc1-c1ccc(SCC(=O)N2CCN(c3ccccc3)CC2)nn1. The number of amides is 1. The monoisotopic (exact) mass is 420 g/mol. The second-order valence-electron chi connectivity index (χ2n) is 6.95. The number of thioether (sulfide) groups is 1. The average molecular weight is 421 g/mol. The van der Waals surface area contributed by atoms with E-state index in [9.17, 15) is 4.79 Å². The van der Waals surface area contributed by atoms with Crippen LogP contribution in [0.15, 0.2) is 71.8 Å². The van der Waals surface area contributed by atoms with Gasteiger partial charge in [-0.1, -0.05) is 42.1 Å². The van der Waals surface area contributed by atoms with E-state index < -0.39 is 0 Å². The normalized spacial score (nSPS) is 13.9. The largest absolute Gasteiger partial charge is 0.496 e. The van der Waals surface area contributed by atoms with E-state index in [4.69, 9.17) is 4.74 Å². The van der Waals surface area contributed by atoms with Gasteiger partial charge in [-0.2, -0.15) is 0 Å². The summed E-state index contributed by atoms with van der Waals surface area (Å²) in [7, 11) is 1.64. The highest BCUT2D eigenvalue weighted by atomic mass is 32.2. The summed E-state index contributed by atoms with van der Waals surface area (Å²) in [6.07, 6.45) is 0. The molecule has 0 bridgehead atoms. The second-order valence-corrected chi connectivity index (χ2v) is 7.94. The molecule has 0 radical (unpaired) electrons. The lowest BCUT2D eigenvalue weighted by Crippen LogP contribution is -2.49. The highest BCUT2D eigenvalue weighted by Gasteiger charge is 2.21. The predicted molar refractivity (Wildman–Crippen MR) is 120 cm³/mol. The lowest BCUT2D eigenvalue weighted by molar-refractivity contribution is -0.128. The molecule has 2 aromatic carbocycles. The van der Waals surface area contributed by atoms with E-state index in [-0.39, 0.29) is 5.91 Å². The van der Waals surface area contributed by atoms with E-state index in [0.29, 0.717) is 5.75 Å². The zero-order valence-electron chi connectivity index (χ0n) is 16.9. The molecule has 0 saturated carbocycles. The fourth-order valence-corrected chi connectivity index (χ4v) is 4.19. The van der Waals surface area contributed by atoms with Gasteiger partial charge in [-0.05, 0) is 36.4 Å². The number of benzene rings is 2. The molecule has 1 fully saturated rings. The molecule has 3 aromatic rings. The maximum absolute atomic E-state index is 12.6. The average Bonchev–Trinajstić information content (AvgIpc) is 2.83. The van der Waals surface area contributed by atoms with E-state index in [1.807, 2.05) is 59.5 Å². The first-order valence-electron chi connectivity index (χ1n) is 9.92. The molecule has 7 heteroatoms. The Morgan fingerprint density at radius 1 is 0.933 bits per heavy atom. The summed E-state index contributed by atoms with van der Waals surface area (Å²) >= 11 is 1.42. The van der Waals surface area contributed by atoms with Crippen molar-refractivity contribution in [2.75, 3.05) is 43.9 Å². The Kier molecular flexibility index (Phi) is 6.49. The van der Waals surface area contributed by atoms with Gasteiger partial charge in [0.15, 0.2) is 0 Å². The number of aromatic nitrogens is 2. The van der Waals surface area contributed by atoms with Gasteiger partial charge in [0.05, 0.1) is 18.6 Å². The Hall–Kier alpha value is -3.06. The van der Waals surface area contributed by atoms with Crippen molar-refractivity contribution in [3.63, 3.8) is 0 Å². The zero-order chi connectivity index (χ0) is 20.8. The molecule has 1 aliphatic rings. The molecule has 0 N–H and O–H groups in total. The highest BCUT2D eigenvalue weighted by Crippen LogP contribution is 2.28. The van der Waals surface area contributed by atoms with E-state index in [1.165, 1.54) is 17.4 Å². The van der Waals surface area contributed by atoms with Crippen LogP contribution in [0.3, 0.4) is 0 Å². The number of hydrogen-bond acceptors (Lipinski definition) is 6. The lowest BCUT2D eigenvalue weighted by Gasteiger charge is -2.36. The number of hydrogen-bond donors (Lipinski definition) is 0. The Labute approximate surface area is 180 Å². The number of anilines is 1. The van der Waals surface area contributed by atoms with Crippen LogP contribution in [0.4, 0.5) is 5.69 Å². The van der Waals surface area contributed by atoms with Crippen molar-refractivity contribution in [2.24, 2.45) is 0 Å². The predicted octanol–water partition coefficient (Wildman–Crippen LogP) is 3.59. The quantitative estimate of drug-likeness (QED) is 0.568. The number of carbonyl (C=O) groups is 1. The maximum Gasteiger partial charge on any atom is 0.233 e. The minimum atomic E-state index is 0.142. The molecule has 0 unspecified atom stereocenters. The molecule has 0 aliphatic carbocycles. The summed E-state index contributed by atoms with van der Waals surface area (Å²) in [6, 6.07) is 21.9. The number of nitrogens with zero attached hydrogens (tertiary/aromatic N) is 4. The Morgan fingerprint density at radius 2 is 1.67 bits per heavy atom. The fraction of sp³-hybridized carbons (Fsp3) is 0.261. The second kappa shape index (κ2) is 9.63. The third-order valence-electron chi connectivity index (χ3n) is 5.12. The van der Waals surface area contributed by atoms with E-state index in [1.54, 1.807) is 7.11 Å². The van der Waals surface area contributed by atoms with Gasteiger partial charge >= 0.3 is 0 Å². The van der Waals surface area contributed by atoms with Gasteiger partial charge in [-0.25, -0.2) is 0 Å². The van der Waals surface area contributed by atoms with Crippen molar-refractivity contribution < 1.29 is 9.53 Å². The number of ether oxygens (including phenoxy) is 1. The molecular weight excluding hydrogens is 396 g/mol. The Bertz CT molecular complexity index is 974. The van der Waals surface area contributed by atoms with Gasteiger partial charge in [0.2, 0.25) is 5.91 Å². The fourth-order valence-electron chi connectivity index (χ4n) is 3.48.